The smallest absolute Gasteiger partial charge is 0.221 e. The van der Waals surface area contributed by atoms with E-state index in [9.17, 15) is 9.90 Å². The van der Waals surface area contributed by atoms with Gasteiger partial charge in [-0.05, 0) is 19.8 Å². The van der Waals surface area contributed by atoms with Crippen LogP contribution in [0.1, 0.15) is 46.5 Å². The summed E-state index contributed by atoms with van der Waals surface area (Å²) in [6.07, 6.45) is 2.71. The highest BCUT2D eigenvalue weighted by Gasteiger charge is 2.20. The Bertz CT molecular complexity index is 193. The van der Waals surface area contributed by atoms with Gasteiger partial charge < -0.3 is 16.2 Å². The van der Waals surface area contributed by atoms with Crippen LogP contribution in [0.4, 0.5) is 0 Å². The molecule has 0 bridgehead atoms. The summed E-state index contributed by atoms with van der Waals surface area (Å²) in [4.78, 5) is 11.4. The van der Waals surface area contributed by atoms with Gasteiger partial charge in [0.25, 0.3) is 0 Å². The Labute approximate surface area is 92.2 Å². The predicted molar refractivity (Wildman–Crippen MR) is 61.4 cm³/mol. The molecule has 0 saturated heterocycles. The Hall–Kier alpha value is -0.610. The molecule has 0 aromatic rings. The van der Waals surface area contributed by atoms with E-state index in [1.807, 2.05) is 13.8 Å². The van der Waals surface area contributed by atoms with E-state index in [2.05, 4.69) is 5.32 Å². The maximum Gasteiger partial charge on any atom is 0.221 e. The normalized spacial score (nSPS) is 16.9. The fourth-order valence-corrected chi connectivity index (χ4v) is 1.37. The Balaban J connectivity index is 3.79. The Kier molecular flexibility index (Phi) is 6.52. The first kappa shape index (κ1) is 14.4. The van der Waals surface area contributed by atoms with Crippen molar-refractivity contribution in [1.29, 1.82) is 0 Å². The minimum Gasteiger partial charge on any atom is -0.388 e. The summed E-state index contributed by atoms with van der Waals surface area (Å²) in [5.41, 5.74) is 4.84. The van der Waals surface area contributed by atoms with Crippen molar-refractivity contribution in [2.45, 2.75) is 58.1 Å². The average Bonchev–Trinajstić information content (AvgIpc) is 2.15. The molecular weight excluding hydrogens is 192 g/mol. The highest BCUT2D eigenvalue weighted by Crippen LogP contribution is 2.10. The lowest BCUT2D eigenvalue weighted by Crippen LogP contribution is -2.42. The van der Waals surface area contributed by atoms with E-state index in [1.54, 1.807) is 6.92 Å². The van der Waals surface area contributed by atoms with Gasteiger partial charge in [-0.2, -0.15) is 0 Å². The first-order chi connectivity index (χ1) is 6.91. The van der Waals surface area contributed by atoms with E-state index in [0.717, 1.165) is 12.8 Å². The van der Waals surface area contributed by atoms with Crippen LogP contribution in [0.3, 0.4) is 0 Å². The van der Waals surface area contributed by atoms with Crippen LogP contribution in [0.5, 0.6) is 0 Å². The molecule has 0 aliphatic heterocycles. The molecule has 0 radical (unpaired) electrons. The third-order valence-corrected chi connectivity index (χ3v) is 2.43. The first-order valence-corrected chi connectivity index (χ1v) is 5.66. The molecule has 1 amide bonds. The topological polar surface area (TPSA) is 75.3 Å². The molecule has 15 heavy (non-hydrogen) atoms. The molecule has 0 aliphatic rings. The lowest BCUT2D eigenvalue weighted by molar-refractivity contribution is -0.122. The number of carbonyl (C=O) groups is 1. The van der Waals surface area contributed by atoms with Gasteiger partial charge in [0.2, 0.25) is 5.91 Å². The minimum absolute atomic E-state index is 0.0823. The van der Waals surface area contributed by atoms with E-state index >= 15 is 0 Å². The number of carbonyl (C=O) groups excluding carboxylic acids is 1. The van der Waals surface area contributed by atoms with E-state index in [0.29, 0.717) is 19.4 Å². The molecule has 0 aliphatic carbocycles. The molecule has 0 rings (SSSR count). The van der Waals surface area contributed by atoms with Crippen LogP contribution in [-0.2, 0) is 4.79 Å². The molecule has 0 heterocycles. The quantitative estimate of drug-likeness (QED) is 0.588. The fraction of sp³-hybridized carbons (Fsp3) is 0.909. The highest BCUT2D eigenvalue weighted by molar-refractivity contribution is 5.76. The van der Waals surface area contributed by atoms with E-state index in [-0.39, 0.29) is 11.9 Å². The molecule has 0 spiro atoms. The van der Waals surface area contributed by atoms with E-state index in [4.69, 9.17) is 5.73 Å². The summed E-state index contributed by atoms with van der Waals surface area (Å²) < 4.78 is 0. The molecule has 0 aromatic carbocycles. The van der Waals surface area contributed by atoms with Crippen molar-refractivity contribution >= 4 is 5.91 Å². The summed E-state index contributed by atoms with van der Waals surface area (Å²) in [7, 11) is 0. The van der Waals surface area contributed by atoms with Gasteiger partial charge in [0.15, 0.2) is 0 Å². The van der Waals surface area contributed by atoms with Crippen LogP contribution in [-0.4, -0.2) is 29.2 Å². The molecule has 2 atom stereocenters. The zero-order valence-corrected chi connectivity index (χ0v) is 10.0. The summed E-state index contributed by atoms with van der Waals surface area (Å²) >= 11 is 0. The van der Waals surface area contributed by atoms with Crippen molar-refractivity contribution < 1.29 is 9.90 Å². The number of nitrogens with two attached hydrogens (primary N) is 1. The molecule has 0 fully saturated rings. The maximum absolute atomic E-state index is 11.4. The predicted octanol–water partition coefficient (Wildman–Crippen LogP) is 0.781. The zero-order chi connectivity index (χ0) is 11.9. The maximum atomic E-state index is 11.4. The van der Waals surface area contributed by atoms with Gasteiger partial charge in [-0.15, -0.1) is 0 Å². The lowest BCUT2D eigenvalue weighted by Gasteiger charge is -2.23. The Morgan fingerprint density at radius 1 is 1.53 bits per heavy atom. The Morgan fingerprint density at radius 2 is 2.13 bits per heavy atom. The van der Waals surface area contributed by atoms with Crippen molar-refractivity contribution in [2.75, 3.05) is 6.54 Å². The average molecular weight is 216 g/mol. The third-order valence-electron chi connectivity index (χ3n) is 2.43. The van der Waals surface area contributed by atoms with Crippen LogP contribution in [0, 0.1) is 0 Å². The third kappa shape index (κ3) is 7.33. The summed E-state index contributed by atoms with van der Waals surface area (Å²) in [5, 5.41) is 12.5. The number of nitrogens with one attached hydrogen (secondary N) is 1. The van der Waals surface area contributed by atoms with Crippen molar-refractivity contribution in [3.63, 3.8) is 0 Å². The number of rotatable bonds is 7. The molecule has 2 unspecified atom stereocenters. The van der Waals surface area contributed by atoms with Crippen LogP contribution in [0.15, 0.2) is 0 Å². The standard InChI is InChI=1S/C11H24N2O2/c1-4-6-11(3,15)8-13-10(14)7-9(12)5-2/h9,15H,4-8,12H2,1-3H3,(H,13,14). The summed E-state index contributed by atoms with van der Waals surface area (Å²) in [6, 6.07) is -0.0823. The van der Waals surface area contributed by atoms with Crippen LogP contribution >= 0.6 is 0 Å². The van der Waals surface area contributed by atoms with Gasteiger partial charge >= 0.3 is 0 Å². The Morgan fingerprint density at radius 3 is 2.60 bits per heavy atom. The van der Waals surface area contributed by atoms with Crippen LogP contribution in [0.2, 0.25) is 0 Å². The number of hydrogen-bond acceptors (Lipinski definition) is 3. The first-order valence-electron chi connectivity index (χ1n) is 5.66. The van der Waals surface area contributed by atoms with Crippen LogP contribution in [0.25, 0.3) is 0 Å². The SMILES string of the molecule is CCCC(C)(O)CNC(=O)CC(N)CC. The highest BCUT2D eigenvalue weighted by atomic mass is 16.3. The number of hydrogen-bond donors (Lipinski definition) is 3. The zero-order valence-electron chi connectivity index (χ0n) is 10.0. The van der Waals surface area contributed by atoms with Gasteiger partial charge in [0.1, 0.15) is 0 Å². The largest absolute Gasteiger partial charge is 0.388 e. The van der Waals surface area contributed by atoms with Crippen molar-refractivity contribution in [3.05, 3.63) is 0 Å². The van der Waals surface area contributed by atoms with Gasteiger partial charge in [0, 0.05) is 19.0 Å². The van der Waals surface area contributed by atoms with E-state index < -0.39 is 5.60 Å². The van der Waals surface area contributed by atoms with Gasteiger partial charge in [-0.1, -0.05) is 20.3 Å². The second kappa shape index (κ2) is 6.80. The van der Waals surface area contributed by atoms with Crippen molar-refractivity contribution in [3.8, 4) is 0 Å². The lowest BCUT2D eigenvalue weighted by atomic mass is 10.0. The molecule has 4 heteroatoms. The molecular formula is C11H24N2O2. The minimum atomic E-state index is -0.805. The molecule has 4 nitrogen and oxygen atoms in total. The van der Waals surface area contributed by atoms with Crippen LogP contribution < -0.4 is 11.1 Å². The van der Waals surface area contributed by atoms with E-state index in [1.165, 1.54) is 0 Å². The van der Waals surface area contributed by atoms with Crippen molar-refractivity contribution in [2.24, 2.45) is 5.73 Å². The molecule has 90 valence electrons. The van der Waals surface area contributed by atoms with Gasteiger partial charge in [-0.25, -0.2) is 0 Å². The van der Waals surface area contributed by atoms with Gasteiger partial charge in [0.05, 0.1) is 5.60 Å². The number of aliphatic hydroxyl groups is 1. The summed E-state index contributed by atoms with van der Waals surface area (Å²) in [6.45, 7) is 5.99. The second-order valence-electron chi connectivity index (χ2n) is 4.40. The van der Waals surface area contributed by atoms with Crippen molar-refractivity contribution in [1.82, 2.24) is 5.32 Å². The fourth-order valence-electron chi connectivity index (χ4n) is 1.37. The summed E-state index contributed by atoms with van der Waals surface area (Å²) in [5.74, 6) is -0.0827. The monoisotopic (exact) mass is 216 g/mol. The molecule has 0 saturated carbocycles. The number of amides is 1. The molecule has 0 aromatic heterocycles. The molecule has 4 N–H and O–H groups in total. The van der Waals surface area contributed by atoms with Gasteiger partial charge in [-0.3, -0.25) is 4.79 Å². The second-order valence-corrected chi connectivity index (χ2v) is 4.40.